The van der Waals surface area contributed by atoms with Crippen LogP contribution in [0.25, 0.3) is 11.5 Å². The van der Waals surface area contributed by atoms with Gasteiger partial charge >= 0.3 is 0 Å². The lowest BCUT2D eigenvalue weighted by Crippen LogP contribution is -2.19. The maximum absolute atomic E-state index is 13.7. The SMILES string of the molecule is CCCNC(C)c1nnc(-c2c(F)cccc2Cl)o1. The highest BCUT2D eigenvalue weighted by atomic mass is 35.5. The zero-order valence-electron chi connectivity index (χ0n) is 10.8. The van der Waals surface area contributed by atoms with Gasteiger partial charge in [-0.05, 0) is 32.0 Å². The third-order valence-corrected chi connectivity index (χ3v) is 3.00. The summed E-state index contributed by atoms with van der Waals surface area (Å²) in [7, 11) is 0. The molecule has 0 saturated heterocycles. The number of aromatic nitrogens is 2. The van der Waals surface area contributed by atoms with Crippen molar-refractivity contribution in [2.45, 2.75) is 26.3 Å². The summed E-state index contributed by atoms with van der Waals surface area (Å²) < 4.78 is 19.2. The van der Waals surface area contributed by atoms with E-state index in [0.717, 1.165) is 13.0 Å². The molecule has 1 unspecified atom stereocenters. The maximum atomic E-state index is 13.7. The third kappa shape index (κ3) is 3.11. The summed E-state index contributed by atoms with van der Waals surface area (Å²) in [6.07, 6.45) is 1.00. The molecule has 19 heavy (non-hydrogen) atoms. The predicted molar refractivity (Wildman–Crippen MR) is 71.4 cm³/mol. The van der Waals surface area contributed by atoms with Gasteiger partial charge in [0.1, 0.15) is 5.82 Å². The quantitative estimate of drug-likeness (QED) is 0.911. The Morgan fingerprint density at radius 3 is 2.89 bits per heavy atom. The molecule has 102 valence electrons. The number of benzene rings is 1. The first-order chi connectivity index (χ1) is 9.13. The number of rotatable bonds is 5. The molecule has 2 rings (SSSR count). The summed E-state index contributed by atoms with van der Waals surface area (Å²) in [4.78, 5) is 0. The smallest absolute Gasteiger partial charge is 0.252 e. The van der Waals surface area contributed by atoms with E-state index in [1.165, 1.54) is 12.1 Å². The molecule has 0 aliphatic heterocycles. The lowest BCUT2D eigenvalue weighted by Gasteiger charge is -2.07. The van der Waals surface area contributed by atoms with Crippen LogP contribution in [0.5, 0.6) is 0 Å². The van der Waals surface area contributed by atoms with Gasteiger partial charge in [-0.2, -0.15) is 0 Å². The Morgan fingerprint density at radius 2 is 2.21 bits per heavy atom. The fourth-order valence-corrected chi connectivity index (χ4v) is 1.90. The number of hydrogen-bond donors (Lipinski definition) is 1. The lowest BCUT2D eigenvalue weighted by molar-refractivity contribution is 0.422. The second-order valence-corrected chi connectivity index (χ2v) is 4.63. The fraction of sp³-hybridized carbons (Fsp3) is 0.385. The molecular weight excluding hydrogens is 269 g/mol. The summed E-state index contributed by atoms with van der Waals surface area (Å²) in [6.45, 7) is 4.83. The molecule has 4 nitrogen and oxygen atoms in total. The van der Waals surface area contributed by atoms with Crippen LogP contribution in [0, 0.1) is 5.82 Å². The Labute approximate surface area is 116 Å². The van der Waals surface area contributed by atoms with Gasteiger partial charge in [-0.3, -0.25) is 0 Å². The number of halogens is 2. The zero-order chi connectivity index (χ0) is 13.8. The average Bonchev–Trinajstić information content (AvgIpc) is 2.85. The van der Waals surface area contributed by atoms with E-state index < -0.39 is 5.82 Å². The summed E-state index contributed by atoms with van der Waals surface area (Å²) in [5, 5.41) is 11.3. The number of hydrogen-bond acceptors (Lipinski definition) is 4. The monoisotopic (exact) mass is 283 g/mol. The van der Waals surface area contributed by atoms with E-state index in [2.05, 4.69) is 22.4 Å². The summed E-state index contributed by atoms with van der Waals surface area (Å²) in [5.41, 5.74) is 0.144. The summed E-state index contributed by atoms with van der Waals surface area (Å²) >= 11 is 5.95. The fourth-order valence-electron chi connectivity index (χ4n) is 1.66. The first-order valence-corrected chi connectivity index (χ1v) is 6.52. The van der Waals surface area contributed by atoms with E-state index in [1.54, 1.807) is 6.07 Å². The van der Waals surface area contributed by atoms with Gasteiger partial charge in [0.2, 0.25) is 5.89 Å². The van der Waals surface area contributed by atoms with Crippen LogP contribution in [0.15, 0.2) is 22.6 Å². The van der Waals surface area contributed by atoms with Crippen molar-refractivity contribution < 1.29 is 8.81 Å². The Hall–Kier alpha value is -1.46. The molecule has 1 aromatic carbocycles. The van der Waals surface area contributed by atoms with E-state index in [4.69, 9.17) is 16.0 Å². The first-order valence-electron chi connectivity index (χ1n) is 6.14. The van der Waals surface area contributed by atoms with Crippen molar-refractivity contribution in [2.24, 2.45) is 0 Å². The highest BCUT2D eigenvalue weighted by molar-refractivity contribution is 6.33. The van der Waals surface area contributed by atoms with Crippen molar-refractivity contribution in [2.75, 3.05) is 6.54 Å². The summed E-state index contributed by atoms with van der Waals surface area (Å²) in [6, 6.07) is 4.35. The van der Waals surface area contributed by atoms with Crippen LogP contribution in [0.3, 0.4) is 0 Å². The Kier molecular flexibility index (Phi) is 4.50. The van der Waals surface area contributed by atoms with Gasteiger partial charge in [-0.1, -0.05) is 24.6 Å². The molecule has 0 aliphatic carbocycles. The topological polar surface area (TPSA) is 51.0 Å². The molecule has 1 atom stereocenters. The van der Waals surface area contributed by atoms with Crippen molar-refractivity contribution in [1.82, 2.24) is 15.5 Å². The minimum atomic E-state index is -0.475. The third-order valence-electron chi connectivity index (χ3n) is 2.69. The molecule has 6 heteroatoms. The van der Waals surface area contributed by atoms with Crippen LogP contribution in [0.2, 0.25) is 5.02 Å². The molecule has 1 heterocycles. The van der Waals surface area contributed by atoms with Crippen LogP contribution in [-0.4, -0.2) is 16.7 Å². The minimum Gasteiger partial charge on any atom is -0.419 e. The van der Waals surface area contributed by atoms with Crippen LogP contribution < -0.4 is 5.32 Å². The molecule has 0 bridgehead atoms. The highest BCUT2D eigenvalue weighted by Crippen LogP contribution is 2.30. The second-order valence-electron chi connectivity index (χ2n) is 4.22. The predicted octanol–water partition coefficient (Wildman–Crippen LogP) is 3.59. The molecule has 2 aromatic rings. The van der Waals surface area contributed by atoms with Gasteiger partial charge in [0.05, 0.1) is 16.6 Å². The largest absolute Gasteiger partial charge is 0.419 e. The zero-order valence-corrected chi connectivity index (χ0v) is 11.5. The van der Waals surface area contributed by atoms with Gasteiger partial charge in [0, 0.05) is 0 Å². The van der Waals surface area contributed by atoms with Crippen molar-refractivity contribution in [3.05, 3.63) is 34.9 Å². The van der Waals surface area contributed by atoms with Crippen LogP contribution in [0.1, 0.15) is 32.2 Å². The van der Waals surface area contributed by atoms with Crippen LogP contribution >= 0.6 is 11.6 Å². The van der Waals surface area contributed by atoms with E-state index in [9.17, 15) is 4.39 Å². The molecule has 0 fully saturated rings. The molecule has 0 radical (unpaired) electrons. The molecular formula is C13H15ClFN3O. The Morgan fingerprint density at radius 1 is 1.42 bits per heavy atom. The van der Waals surface area contributed by atoms with E-state index in [0.29, 0.717) is 5.89 Å². The molecule has 0 saturated carbocycles. The van der Waals surface area contributed by atoms with Crippen molar-refractivity contribution >= 4 is 11.6 Å². The van der Waals surface area contributed by atoms with Gasteiger partial charge in [-0.25, -0.2) is 4.39 Å². The van der Waals surface area contributed by atoms with E-state index in [1.807, 2.05) is 6.92 Å². The van der Waals surface area contributed by atoms with Gasteiger partial charge in [-0.15, -0.1) is 10.2 Å². The number of nitrogens with zero attached hydrogens (tertiary/aromatic N) is 2. The van der Waals surface area contributed by atoms with Crippen molar-refractivity contribution in [3.8, 4) is 11.5 Å². The molecule has 0 amide bonds. The molecule has 1 N–H and O–H groups in total. The second kappa shape index (κ2) is 6.12. The van der Waals surface area contributed by atoms with Gasteiger partial charge < -0.3 is 9.73 Å². The van der Waals surface area contributed by atoms with Crippen LogP contribution in [-0.2, 0) is 0 Å². The Balaban J connectivity index is 2.26. The van der Waals surface area contributed by atoms with E-state index >= 15 is 0 Å². The lowest BCUT2D eigenvalue weighted by atomic mass is 10.2. The highest BCUT2D eigenvalue weighted by Gasteiger charge is 2.18. The maximum Gasteiger partial charge on any atom is 0.252 e. The van der Waals surface area contributed by atoms with Crippen LogP contribution in [0.4, 0.5) is 4.39 Å². The van der Waals surface area contributed by atoms with Crippen molar-refractivity contribution in [1.29, 1.82) is 0 Å². The van der Waals surface area contributed by atoms with Crippen molar-refractivity contribution in [3.63, 3.8) is 0 Å². The molecule has 1 aromatic heterocycles. The molecule has 0 aliphatic rings. The standard InChI is InChI=1S/C13H15ClFN3O/c1-3-7-16-8(2)12-17-18-13(19-12)11-9(14)5-4-6-10(11)15/h4-6,8,16H,3,7H2,1-2H3. The minimum absolute atomic E-state index is 0.0771. The Bertz CT molecular complexity index is 538. The van der Waals surface area contributed by atoms with Gasteiger partial charge in [0.25, 0.3) is 5.89 Å². The first kappa shape index (κ1) is 14.0. The molecule has 0 spiro atoms. The normalized spacial score (nSPS) is 12.6. The average molecular weight is 284 g/mol. The number of nitrogens with one attached hydrogen (secondary N) is 1. The van der Waals surface area contributed by atoms with Gasteiger partial charge in [0.15, 0.2) is 0 Å². The van der Waals surface area contributed by atoms with E-state index in [-0.39, 0.29) is 22.5 Å². The summed E-state index contributed by atoms with van der Waals surface area (Å²) in [5.74, 6) is 0.0443.